The van der Waals surface area contributed by atoms with Crippen LogP contribution >= 0.6 is 0 Å². The lowest BCUT2D eigenvalue weighted by atomic mass is 10.1. The van der Waals surface area contributed by atoms with Crippen molar-refractivity contribution >= 4 is 29.1 Å². The predicted molar refractivity (Wildman–Crippen MR) is 90.5 cm³/mol. The van der Waals surface area contributed by atoms with E-state index in [1.165, 1.54) is 0 Å². The summed E-state index contributed by atoms with van der Waals surface area (Å²) in [5.41, 5.74) is 0.414. The Morgan fingerprint density at radius 3 is 2.44 bits per heavy atom. The van der Waals surface area contributed by atoms with Gasteiger partial charge in [0.15, 0.2) is 17.5 Å². The molecule has 140 valence electrons. The summed E-state index contributed by atoms with van der Waals surface area (Å²) < 4.78 is 39.3. The highest BCUT2D eigenvalue weighted by molar-refractivity contribution is 6.09. The molecule has 0 unspecified atom stereocenters. The Kier molecular flexibility index (Phi) is 5.11. The maximum atomic E-state index is 13.2. The molecule has 0 saturated heterocycles. The van der Waals surface area contributed by atoms with Crippen molar-refractivity contribution in [1.82, 2.24) is 5.32 Å². The SMILES string of the molecule is O=C(CC[C@H]1NC(=O)c2ccccc2NC1=O)Nc1cc(F)c(F)c(F)c1. The molecule has 1 aliphatic rings. The zero-order valence-electron chi connectivity index (χ0n) is 13.8. The van der Waals surface area contributed by atoms with E-state index in [2.05, 4.69) is 16.0 Å². The molecule has 1 heterocycles. The van der Waals surface area contributed by atoms with Crippen LogP contribution in [0.3, 0.4) is 0 Å². The van der Waals surface area contributed by atoms with Crippen molar-refractivity contribution < 1.29 is 27.6 Å². The lowest BCUT2D eigenvalue weighted by Crippen LogP contribution is -2.41. The Bertz CT molecular complexity index is 910. The van der Waals surface area contributed by atoms with E-state index in [-0.39, 0.29) is 18.5 Å². The molecule has 3 amide bonds. The molecule has 3 N–H and O–H groups in total. The third kappa shape index (κ3) is 4.08. The van der Waals surface area contributed by atoms with Gasteiger partial charge in [0.1, 0.15) is 6.04 Å². The Morgan fingerprint density at radius 2 is 1.74 bits per heavy atom. The highest BCUT2D eigenvalue weighted by Crippen LogP contribution is 2.20. The van der Waals surface area contributed by atoms with E-state index in [9.17, 15) is 27.6 Å². The molecule has 1 aliphatic heterocycles. The van der Waals surface area contributed by atoms with Gasteiger partial charge in [0.25, 0.3) is 5.91 Å². The van der Waals surface area contributed by atoms with Gasteiger partial charge in [-0.25, -0.2) is 13.2 Å². The van der Waals surface area contributed by atoms with Crippen LogP contribution in [-0.2, 0) is 9.59 Å². The molecule has 2 aromatic carbocycles. The van der Waals surface area contributed by atoms with Gasteiger partial charge in [0, 0.05) is 24.2 Å². The lowest BCUT2D eigenvalue weighted by molar-refractivity contribution is -0.118. The molecule has 2 aromatic rings. The predicted octanol–water partition coefficient (Wildman–Crippen LogP) is 2.57. The minimum absolute atomic E-state index is 0.0381. The van der Waals surface area contributed by atoms with E-state index in [1.807, 2.05) is 0 Å². The number of para-hydroxylation sites is 1. The van der Waals surface area contributed by atoms with Crippen LogP contribution in [0.2, 0.25) is 0 Å². The summed E-state index contributed by atoms with van der Waals surface area (Å²) in [6.45, 7) is 0. The summed E-state index contributed by atoms with van der Waals surface area (Å²) in [4.78, 5) is 36.4. The minimum atomic E-state index is -1.63. The van der Waals surface area contributed by atoms with E-state index >= 15 is 0 Å². The first kappa shape index (κ1) is 18.4. The van der Waals surface area contributed by atoms with Crippen molar-refractivity contribution in [3.8, 4) is 0 Å². The number of benzene rings is 2. The Morgan fingerprint density at radius 1 is 1.07 bits per heavy atom. The van der Waals surface area contributed by atoms with Gasteiger partial charge in [0.2, 0.25) is 11.8 Å². The maximum Gasteiger partial charge on any atom is 0.254 e. The number of carbonyl (C=O) groups is 3. The Balaban J connectivity index is 1.62. The fourth-order valence-electron chi connectivity index (χ4n) is 2.64. The molecule has 0 aromatic heterocycles. The summed E-state index contributed by atoms with van der Waals surface area (Å²) in [5, 5.41) is 7.35. The fraction of sp³-hybridized carbons (Fsp3) is 0.167. The van der Waals surface area contributed by atoms with Crippen molar-refractivity contribution in [3.63, 3.8) is 0 Å². The van der Waals surface area contributed by atoms with E-state index < -0.39 is 41.2 Å². The quantitative estimate of drug-likeness (QED) is 0.716. The van der Waals surface area contributed by atoms with Gasteiger partial charge in [-0.05, 0) is 18.6 Å². The van der Waals surface area contributed by atoms with Crippen LogP contribution in [0, 0.1) is 17.5 Å². The monoisotopic (exact) mass is 377 g/mol. The van der Waals surface area contributed by atoms with Crippen molar-refractivity contribution in [3.05, 3.63) is 59.4 Å². The molecule has 1 atom stereocenters. The molecule has 0 saturated carbocycles. The zero-order chi connectivity index (χ0) is 19.6. The van der Waals surface area contributed by atoms with Crippen molar-refractivity contribution in [1.29, 1.82) is 0 Å². The molecule has 0 radical (unpaired) electrons. The van der Waals surface area contributed by atoms with Crippen LogP contribution in [-0.4, -0.2) is 23.8 Å². The number of halogens is 3. The number of carbonyl (C=O) groups excluding carboxylic acids is 3. The Labute approximate surface area is 151 Å². The summed E-state index contributed by atoms with van der Waals surface area (Å²) in [6.07, 6.45) is -0.251. The number of hydrogen-bond acceptors (Lipinski definition) is 3. The second-order valence-corrected chi connectivity index (χ2v) is 5.90. The molecular formula is C18H14F3N3O3. The van der Waals surface area contributed by atoms with Crippen molar-refractivity contribution in [2.75, 3.05) is 10.6 Å². The van der Waals surface area contributed by atoms with Gasteiger partial charge in [0.05, 0.1) is 11.3 Å². The average molecular weight is 377 g/mol. The van der Waals surface area contributed by atoms with E-state index in [1.54, 1.807) is 24.3 Å². The number of hydrogen-bond donors (Lipinski definition) is 3. The summed E-state index contributed by atoms with van der Waals surface area (Å²) in [6, 6.07) is 6.79. The lowest BCUT2D eigenvalue weighted by Gasteiger charge is -2.14. The van der Waals surface area contributed by atoms with Gasteiger partial charge in [-0.3, -0.25) is 14.4 Å². The topological polar surface area (TPSA) is 87.3 Å². The van der Waals surface area contributed by atoms with E-state index in [0.29, 0.717) is 23.4 Å². The normalized spacial score (nSPS) is 16.0. The smallest absolute Gasteiger partial charge is 0.254 e. The number of fused-ring (bicyclic) bond motifs is 1. The van der Waals surface area contributed by atoms with Crippen LogP contribution in [0.4, 0.5) is 24.5 Å². The molecule has 3 rings (SSSR count). The number of rotatable bonds is 4. The summed E-state index contributed by atoms with van der Waals surface area (Å²) >= 11 is 0. The summed E-state index contributed by atoms with van der Waals surface area (Å²) in [7, 11) is 0. The molecule has 0 aliphatic carbocycles. The second-order valence-electron chi connectivity index (χ2n) is 5.90. The number of anilines is 2. The average Bonchev–Trinajstić information content (AvgIpc) is 2.74. The highest BCUT2D eigenvalue weighted by Gasteiger charge is 2.27. The third-order valence-electron chi connectivity index (χ3n) is 3.98. The van der Waals surface area contributed by atoms with Crippen molar-refractivity contribution in [2.24, 2.45) is 0 Å². The van der Waals surface area contributed by atoms with Gasteiger partial charge >= 0.3 is 0 Å². The Hall–Kier alpha value is -3.36. The van der Waals surface area contributed by atoms with Crippen LogP contribution in [0.25, 0.3) is 0 Å². The van der Waals surface area contributed by atoms with E-state index in [4.69, 9.17) is 0 Å². The number of nitrogens with one attached hydrogen (secondary N) is 3. The summed E-state index contributed by atoms with van der Waals surface area (Å²) in [5.74, 6) is -6.09. The molecule has 6 nitrogen and oxygen atoms in total. The fourth-order valence-corrected chi connectivity index (χ4v) is 2.64. The van der Waals surface area contributed by atoms with Crippen LogP contribution in [0.15, 0.2) is 36.4 Å². The van der Waals surface area contributed by atoms with Crippen molar-refractivity contribution in [2.45, 2.75) is 18.9 Å². The van der Waals surface area contributed by atoms with Crippen LogP contribution in [0.1, 0.15) is 23.2 Å². The van der Waals surface area contributed by atoms with Gasteiger partial charge < -0.3 is 16.0 Å². The van der Waals surface area contributed by atoms with Gasteiger partial charge in [-0.15, -0.1) is 0 Å². The molecule has 0 fully saturated rings. The molecule has 9 heteroatoms. The number of amides is 3. The molecular weight excluding hydrogens is 363 g/mol. The second kappa shape index (κ2) is 7.48. The minimum Gasteiger partial charge on any atom is -0.340 e. The van der Waals surface area contributed by atoms with Crippen LogP contribution < -0.4 is 16.0 Å². The molecule has 27 heavy (non-hydrogen) atoms. The standard InChI is InChI=1S/C18H14F3N3O3/c19-11-7-9(8-12(20)16(11)21)22-15(25)6-5-14-18(27)23-13-4-2-1-3-10(13)17(26)24-14/h1-4,7-8,14H,5-6H2,(H,22,25)(H,23,27)(H,24,26)/t14-/m1/s1. The van der Waals surface area contributed by atoms with Crippen LogP contribution in [0.5, 0.6) is 0 Å². The largest absolute Gasteiger partial charge is 0.340 e. The van der Waals surface area contributed by atoms with E-state index in [0.717, 1.165) is 0 Å². The highest BCUT2D eigenvalue weighted by atomic mass is 19.2. The first-order chi connectivity index (χ1) is 12.8. The maximum absolute atomic E-state index is 13.2. The van der Waals surface area contributed by atoms with Gasteiger partial charge in [-0.2, -0.15) is 0 Å². The first-order valence-electron chi connectivity index (χ1n) is 8.00. The molecule has 0 bridgehead atoms. The third-order valence-corrected chi connectivity index (χ3v) is 3.98. The zero-order valence-corrected chi connectivity index (χ0v) is 13.8. The van der Waals surface area contributed by atoms with Gasteiger partial charge in [-0.1, -0.05) is 12.1 Å². The first-order valence-corrected chi connectivity index (χ1v) is 8.00. The molecule has 0 spiro atoms.